The molecular weight excluding hydrogens is 251 g/mol. The quantitative estimate of drug-likeness (QED) is 0.800. The zero-order chi connectivity index (χ0) is 13.7. The Morgan fingerprint density at radius 2 is 2.32 bits per heavy atom. The standard InChI is InChI=1S/C13H9FN2O3/c14-11-4-3-9(2-1-6-17)8-10(11)13(18)15-12-5-7-19-16-12/h3-5,7-8,17H,6H2,(H,15,16,18). The van der Waals surface area contributed by atoms with E-state index in [1.54, 1.807) is 0 Å². The molecule has 0 unspecified atom stereocenters. The Labute approximate surface area is 108 Å². The van der Waals surface area contributed by atoms with E-state index in [4.69, 9.17) is 5.11 Å². The number of nitrogens with zero attached hydrogens (tertiary/aromatic N) is 1. The van der Waals surface area contributed by atoms with Gasteiger partial charge in [0.05, 0.1) is 5.56 Å². The maximum atomic E-state index is 13.6. The van der Waals surface area contributed by atoms with Crippen molar-refractivity contribution in [1.29, 1.82) is 0 Å². The molecule has 0 aliphatic heterocycles. The lowest BCUT2D eigenvalue weighted by atomic mass is 10.1. The number of carbonyl (C=O) groups excluding carboxylic acids is 1. The Morgan fingerprint density at radius 1 is 1.47 bits per heavy atom. The SMILES string of the molecule is O=C(Nc1ccon1)c1cc(C#CCO)ccc1F. The highest BCUT2D eigenvalue weighted by molar-refractivity contribution is 6.04. The average Bonchev–Trinajstić information content (AvgIpc) is 2.90. The van der Waals surface area contributed by atoms with Crippen LogP contribution in [0.4, 0.5) is 10.2 Å². The van der Waals surface area contributed by atoms with Crippen LogP contribution < -0.4 is 5.32 Å². The number of rotatable bonds is 2. The first-order valence-electron chi connectivity index (χ1n) is 5.31. The van der Waals surface area contributed by atoms with Crippen LogP contribution in [0.25, 0.3) is 0 Å². The van der Waals surface area contributed by atoms with E-state index < -0.39 is 11.7 Å². The Morgan fingerprint density at radius 3 is 3.00 bits per heavy atom. The van der Waals surface area contributed by atoms with Crippen molar-refractivity contribution in [3.8, 4) is 11.8 Å². The van der Waals surface area contributed by atoms with Crippen LogP contribution in [0.3, 0.4) is 0 Å². The van der Waals surface area contributed by atoms with Gasteiger partial charge in [-0.3, -0.25) is 4.79 Å². The topological polar surface area (TPSA) is 75.4 Å². The molecule has 19 heavy (non-hydrogen) atoms. The van der Waals surface area contributed by atoms with E-state index in [0.717, 1.165) is 6.07 Å². The Bertz CT molecular complexity index is 642. The van der Waals surface area contributed by atoms with Crippen molar-refractivity contribution in [2.45, 2.75) is 0 Å². The fourth-order valence-corrected chi connectivity index (χ4v) is 1.38. The molecule has 0 aliphatic carbocycles. The third-order valence-electron chi connectivity index (χ3n) is 2.20. The van der Waals surface area contributed by atoms with Crippen LogP contribution in [-0.2, 0) is 0 Å². The second kappa shape index (κ2) is 5.80. The molecule has 0 saturated carbocycles. The van der Waals surface area contributed by atoms with Gasteiger partial charge in [-0.15, -0.1) is 0 Å². The van der Waals surface area contributed by atoms with Crippen LogP contribution in [0.1, 0.15) is 15.9 Å². The number of aliphatic hydroxyl groups is 1. The molecule has 0 fully saturated rings. The summed E-state index contributed by atoms with van der Waals surface area (Å²) in [5.41, 5.74) is 0.272. The van der Waals surface area contributed by atoms with Gasteiger partial charge in [-0.2, -0.15) is 0 Å². The molecule has 1 amide bonds. The molecule has 0 atom stereocenters. The first kappa shape index (κ1) is 12.8. The van der Waals surface area contributed by atoms with Gasteiger partial charge in [-0.1, -0.05) is 17.0 Å². The highest BCUT2D eigenvalue weighted by Crippen LogP contribution is 2.12. The number of hydrogen-bond donors (Lipinski definition) is 2. The summed E-state index contributed by atoms with van der Waals surface area (Å²) >= 11 is 0. The number of amides is 1. The predicted octanol–water partition coefficient (Wildman–Crippen LogP) is 1.41. The van der Waals surface area contributed by atoms with Gasteiger partial charge in [-0.25, -0.2) is 4.39 Å². The van der Waals surface area contributed by atoms with Crippen LogP contribution in [-0.4, -0.2) is 22.8 Å². The first-order valence-corrected chi connectivity index (χ1v) is 5.31. The molecule has 6 heteroatoms. The molecule has 5 nitrogen and oxygen atoms in total. The van der Waals surface area contributed by atoms with E-state index in [-0.39, 0.29) is 18.0 Å². The molecule has 0 bridgehead atoms. The van der Waals surface area contributed by atoms with Crippen molar-refractivity contribution in [2.75, 3.05) is 11.9 Å². The summed E-state index contributed by atoms with van der Waals surface area (Å²) in [4.78, 5) is 11.8. The zero-order valence-electron chi connectivity index (χ0n) is 9.68. The zero-order valence-corrected chi connectivity index (χ0v) is 9.68. The van der Waals surface area contributed by atoms with Crippen LogP contribution >= 0.6 is 0 Å². The normalized spacial score (nSPS) is 9.58. The van der Waals surface area contributed by atoms with Crippen molar-refractivity contribution < 1.29 is 18.8 Å². The number of hydrogen-bond acceptors (Lipinski definition) is 4. The average molecular weight is 260 g/mol. The van der Waals surface area contributed by atoms with Crippen molar-refractivity contribution in [3.63, 3.8) is 0 Å². The van der Waals surface area contributed by atoms with Crippen LogP contribution in [0.15, 0.2) is 35.1 Å². The first-order chi connectivity index (χ1) is 9.20. The van der Waals surface area contributed by atoms with Gasteiger partial charge in [0.1, 0.15) is 18.7 Å². The Kier molecular flexibility index (Phi) is 3.90. The fraction of sp³-hybridized carbons (Fsp3) is 0.0769. The lowest BCUT2D eigenvalue weighted by molar-refractivity contribution is 0.102. The van der Waals surface area contributed by atoms with Gasteiger partial charge in [0.15, 0.2) is 5.82 Å². The predicted molar refractivity (Wildman–Crippen MR) is 64.8 cm³/mol. The molecule has 0 saturated heterocycles. The van der Waals surface area contributed by atoms with Crippen molar-refractivity contribution >= 4 is 11.7 Å². The lowest BCUT2D eigenvalue weighted by Crippen LogP contribution is -2.14. The monoisotopic (exact) mass is 260 g/mol. The van der Waals surface area contributed by atoms with Crippen LogP contribution in [0, 0.1) is 17.7 Å². The molecule has 1 aromatic carbocycles. The summed E-state index contributed by atoms with van der Waals surface area (Å²) in [6.45, 7) is -0.308. The third kappa shape index (κ3) is 3.18. The van der Waals surface area contributed by atoms with E-state index in [2.05, 4.69) is 26.8 Å². The number of aliphatic hydroxyl groups excluding tert-OH is 1. The van der Waals surface area contributed by atoms with E-state index >= 15 is 0 Å². The molecular formula is C13H9FN2O3. The summed E-state index contributed by atoms with van der Waals surface area (Å²) in [5, 5.41) is 14.5. The highest BCUT2D eigenvalue weighted by atomic mass is 19.1. The highest BCUT2D eigenvalue weighted by Gasteiger charge is 2.13. The van der Waals surface area contributed by atoms with E-state index in [1.807, 2.05) is 0 Å². The molecule has 2 rings (SSSR count). The van der Waals surface area contributed by atoms with Crippen molar-refractivity contribution in [2.24, 2.45) is 0 Å². The number of halogens is 1. The molecule has 2 aromatic rings. The molecule has 0 radical (unpaired) electrons. The number of anilines is 1. The smallest absolute Gasteiger partial charge is 0.259 e. The van der Waals surface area contributed by atoms with E-state index in [9.17, 15) is 9.18 Å². The molecule has 2 N–H and O–H groups in total. The minimum Gasteiger partial charge on any atom is -0.384 e. The summed E-state index contributed by atoms with van der Waals surface area (Å²) in [5.74, 6) is 3.88. The molecule has 0 aliphatic rings. The minimum absolute atomic E-state index is 0.160. The Balaban J connectivity index is 2.25. The molecule has 1 aromatic heterocycles. The summed E-state index contributed by atoms with van der Waals surface area (Å²) < 4.78 is 18.1. The number of aromatic nitrogens is 1. The lowest BCUT2D eigenvalue weighted by Gasteiger charge is -2.03. The van der Waals surface area contributed by atoms with Gasteiger partial charge in [-0.05, 0) is 18.2 Å². The van der Waals surface area contributed by atoms with Crippen molar-refractivity contribution in [3.05, 3.63) is 47.5 Å². The maximum absolute atomic E-state index is 13.6. The molecule has 96 valence electrons. The fourth-order valence-electron chi connectivity index (χ4n) is 1.38. The Hall–Kier alpha value is -2.65. The second-order valence-electron chi connectivity index (χ2n) is 3.49. The minimum atomic E-state index is -0.671. The van der Waals surface area contributed by atoms with E-state index in [0.29, 0.717) is 5.56 Å². The summed E-state index contributed by atoms with van der Waals surface area (Å²) in [6.07, 6.45) is 1.29. The van der Waals surface area contributed by atoms with Crippen LogP contribution in [0.2, 0.25) is 0 Å². The third-order valence-corrected chi connectivity index (χ3v) is 2.20. The van der Waals surface area contributed by atoms with E-state index in [1.165, 1.54) is 24.5 Å². The van der Waals surface area contributed by atoms with Gasteiger partial charge in [0.2, 0.25) is 0 Å². The van der Waals surface area contributed by atoms with Gasteiger partial charge < -0.3 is 14.9 Å². The second-order valence-corrected chi connectivity index (χ2v) is 3.49. The number of benzene rings is 1. The molecule has 0 spiro atoms. The summed E-state index contributed by atoms with van der Waals surface area (Å²) in [7, 11) is 0. The summed E-state index contributed by atoms with van der Waals surface area (Å²) in [6, 6.07) is 5.29. The number of carbonyl (C=O) groups is 1. The van der Waals surface area contributed by atoms with Gasteiger partial charge in [0.25, 0.3) is 5.91 Å². The largest absolute Gasteiger partial charge is 0.384 e. The van der Waals surface area contributed by atoms with Gasteiger partial charge >= 0.3 is 0 Å². The number of nitrogens with one attached hydrogen (secondary N) is 1. The van der Waals surface area contributed by atoms with Gasteiger partial charge in [0, 0.05) is 11.6 Å². The van der Waals surface area contributed by atoms with Crippen molar-refractivity contribution in [1.82, 2.24) is 5.16 Å². The van der Waals surface area contributed by atoms with Crippen LogP contribution in [0.5, 0.6) is 0 Å². The molecule has 1 heterocycles. The maximum Gasteiger partial charge on any atom is 0.259 e.